The molecule has 1 N–H and O–H groups in total. The van der Waals surface area contributed by atoms with Crippen LogP contribution >= 0.6 is 12.2 Å². The first-order valence-electron chi connectivity index (χ1n) is 9.98. The number of aromatic nitrogens is 2. The van der Waals surface area contributed by atoms with Crippen molar-refractivity contribution in [2.45, 2.75) is 25.4 Å². The molecule has 1 aromatic carbocycles. The number of benzene rings is 1. The number of para-hydroxylation sites is 1. The molecule has 2 aromatic heterocycles. The third kappa shape index (κ3) is 3.57. The van der Waals surface area contributed by atoms with E-state index < -0.39 is 0 Å². The van der Waals surface area contributed by atoms with E-state index in [4.69, 9.17) is 17.0 Å². The zero-order chi connectivity index (χ0) is 21.1. The van der Waals surface area contributed by atoms with Gasteiger partial charge in [-0.3, -0.25) is 4.98 Å². The van der Waals surface area contributed by atoms with Gasteiger partial charge in [0.15, 0.2) is 5.11 Å². The summed E-state index contributed by atoms with van der Waals surface area (Å²) in [6, 6.07) is 17.3. The van der Waals surface area contributed by atoms with Crippen molar-refractivity contribution in [1.82, 2.24) is 19.8 Å². The Bertz CT molecular complexity index is 1050. The lowest BCUT2D eigenvalue weighted by Gasteiger charge is -2.29. The van der Waals surface area contributed by atoms with Gasteiger partial charge in [0.1, 0.15) is 0 Å². The molecule has 1 saturated heterocycles. The zero-order valence-electron chi connectivity index (χ0n) is 17.0. The standard InChI is InChI=1S/C23H24N4O2S/c1-3-14-27-21(20(25-23(27)30)17-10-6-7-13-24-17)19-12-8-15-26(19)18-11-5-4-9-16(18)22(28)29-2/h4-13,15,20-21H,3,14H2,1-2H3,(H,25,30)/t20-,21+/m1/s1. The van der Waals surface area contributed by atoms with Crippen molar-refractivity contribution in [1.29, 1.82) is 0 Å². The molecule has 0 saturated carbocycles. The first-order valence-corrected chi connectivity index (χ1v) is 10.4. The Morgan fingerprint density at radius 2 is 1.97 bits per heavy atom. The highest BCUT2D eigenvalue weighted by Gasteiger charge is 2.41. The molecule has 0 radical (unpaired) electrons. The van der Waals surface area contributed by atoms with Gasteiger partial charge in [0, 0.05) is 24.6 Å². The summed E-state index contributed by atoms with van der Waals surface area (Å²) in [5.74, 6) is -0.364. The number of thiocarbonyl (C=S) groups is 1. The largest absolute Gasteiger partial charge is 0.465 e. The van der Waals surface area contributed by atoms with E-state index in [0.29, 0.717) is 10.7 Å². The second-order valence-electron chi connectivity index (χ2n) is 7.13. The Kier molecular flexibility index (Phi) is 5.81. The third-order valence-electron chi connectivity index (χ3n) is 5.31. The van der Waals surface area contributed by atoms with Crippen LogP contribution < -0.4 is 5.32 Å². The van der Waals surface area contributed by atoms with E-state index in [-0.39, 0.29) is 18.1 Å². The van der Waals surface area contributed by atoms with Gasteiger partial charge in [-0.1, -0.05) is 25.1 Å². The maximum Gasteiger partial charge on any atom is 0.339 e. The maximum atomic E-state index is 12.4. The minimum absolute atomic E-state index is 0.0620. The zero-order valence-corrected chi connectivity index (χ0v) is 17.8. The maximum absolute atomic E-state index is 12.4. The molecular weight excluding hydrogens is 396 g/mol. The second kappa shape index (κ2) is 8.67. The van der Waals surface area contributed by atoms with Crippen LogP contribution in [0.4, 0.5) is 0 Å². The van der Waals surface area contributed by atoms with Crippen LogP contribution in [0.5, 0.6) is 0 Å². The van der Waals surface area contributed by atoms with Crippen LogP contribution in [0.25, 0.3) is 5.69 Å². The van der Waals surface area contributed by atoms with Gasteiger partial charge in [-0.2, -0.15) is 0 Å². The summed E-state index contributed by atoms with van der Waals surface area (Å²) in [4.78, 5) is 19.2. The summed E-state index contributed by atoms with van der Waals surface area (Å²) in [6.45, 7) is 2.96. The average molecular weight is 421 g/mol. The minimum Gasteiger partial charge on any atom is -0.465 e. The molecule has 0 bridgehead atoms. The highest BCUT2D eigenvalue weighted by molar-refractivity contribution is 7.80. The summed E-state index contributed by atoms with van der Waals surface area (Å²) in [7, 11) is 1.40. The Labute approximate surface area is 181 Å². The molecule has 1 fully saturated rings. The number of pyridine rings is 1. The van der Waals surface area contributed by atoms with E-state index >= 15 is 0 Å². The van der Waals surface area contributed by atoms with Crippen LogP contribution in [0.3, 0.4) is 0 Å². The number of carbonyl (C=O) groups excluding carboxylic acids is 1. The van der Waals surface area contributed by atoms with Crippen molar-refractivity contribution in [3.8, 4) is 5.69 Å². The lowest BCUT2D eigenvalue weighted by molar-refractivity contribution is 0.0600. The number of hydrogen-bond donors (Lipinski definition) is 1. The first kappa shape index (κ1) is 20.1. The Balaban J connectivity index is 1.84. The minimum atomic E-state index is -0.364. The highest BCUT2D eigenvalue weighted by atomic mass is 32.1. The molecule has 3 aromatic rings. The van der Waals surface area contributed by atoms with E-state index in [1.54, 1.807) is 12.3 Å². The first-order chi connectivity index (χ1) is 14.7. The second-order valence-corrected chi connectivity index (χ2v) is 7.52. The Hall–Kier alpha value is -3.19. The van der Waals surface area contributed by atoms with Gasteiger partial charge in [0.05, 0.1) is 36.1 Å². The van der Waals surface area contributed by atoms with Crippen LogP contribution in [-0.4, -0.2) is 39.2 Å². The number of nitrogens with one attached hydrogen (secondary N) is 1. The summed E-state index contributed by atoms with van der Waals surface area (Å²) in [5.41, 5.74) is 3.25. The number of nitrogens with zero attached hydrogens (tertiary/aromatic N) is 3. The van der Waals surface area contributed by atoms with Gasteiger partial charge in [0.2, 0.25) is 0 Å². The van der Waals surface area contributed by atoms with E-state index in [1.165, 1.54) is 7.11 Å². The van der Waals surface area contributed by atoms with Crippen molar-refractivity contribution in [2.24, 2.45) is 0 Å². The lowest BCUT2D eigenvalue weighted by atomic mass is 10.0. The van der Waals surface area contributed by atoms with Crippen molar-refractivity contribution in [3.05, 3.63) is 83.9 Å². The molecule has 4 rings (SSSR count). The molecule has 3 heterocycles. The molecule has 154 valence electrons. The lowest BCUT2D eigenvalue weighted by Crippen LogP contribution is -2.31. The summed E-state index contributed by atoms with van der Waals surface area (Å²) in [6.07, 6.45) is 4.73. The van der Waals surface area contributed by atoms with Crippen LogP contribution in [0.15, 0.2) is 67.0 Å². The van der Waals surface area contributed by atoms with Crippen LogP contribution in [0.2, 0.25) is 0 Å². The Morgan fingerprint density at radius 1 is 1.17 bits per heavy atom. The number of hydrogen-bond acceptors (Lipinski definition) is 4. The smallest absolute Gasteiger partial charge is 0.339 e. The number of rotatable bonds is 6. The molecule has 1 aliphatic heterocycles. The molecule has 30 heavy (non-hydrogen) atoms. The normalized spacial score (nSPS) is 18.3. The van der Waals surface area contributed by atoms with Crippen molar-refractivity contribution >= 4 is 23.3 Å². The molecular formula is C23H24N4O2S. The van der Waals surface area contributed by atoms with Crippen molar-refractivity contribution in [3.63, 3.8) is 0 Å². The number of esters is 1. The number of carbonyl (C=O) groups is 1. The predicted octanol–water partition coefficient (Wildman–Crippen LogP) is 4.04. The molecule has 0 amide bonds. The molecule has 2 atom stereocenters. The van der Waals surface area contributed by atoms with Gasteiger partial charge in [-0.15, -0.1) is 0 Å². The molecule has 1 aliphatic rings. The third-order valence-corrected chi connectivity index (χ3v) is 5.67. The number of ether oxygens (including phenoxy) is 1. The van der Waals surface area contributed by atoms with Gasteiger partial charge in [-0.25, -0.2) is 4.79 Å². The summed E-state index contributed by atoms with van der Waals surface area (Å²) < 4.78 is 7.05. The average Bonchev–Trinajstić information content (AvgIpc) is 3.38. The van der Waals surface area contributed by atoms with Crippen LogP contribution in [-0.2, 0) is 4.74 Å². The molecule has 7 heteroatoms. The van der Waals surface area contributed by atoms with Gasteiger partial charge < -0.3 is 19.5 Å². The monoisotopic (exact) mass is 420 g/mol. The fourth-order valence-electron chi connectivity index (χ4n) is 4.03. The van der Waals surface area contributed by atoms with Crippen LogP contribution in [0, 0.1) is 0 Å². The quantitative estimate of drug-likeness (QED) is 0.480. The summed E-state index contributed by atoms with van der Waals surface area (Å²) >= 11 is 5.68. The molecule has 0 spiro atoms. The number of methoxy groups -OCH3 is 1. The predicted molar refractivity (Wildman–Crippen MR) is 120 cm³/mol. The topological polar surface area (TPSA) is 59.4 Å². The van der Waals surface area contributed by atoms with E-state index in [2.05, 4.69) is 28.2 Å². The van der Waals surface area contributed by atoms with E-state index in [1.807, 2.05) is 53.2 Å². The molecule has 0 unspecified atom stereocenters. The fourth-order valence-corrected chi connectivity index (χ4v) is 4.36. The summed E-state index contributed by atoms with van der Waals surface area (Å²) in [5, 5.41) is 4.17. The van der Waals surface area contributed by atoms with Gasteiger partial charge in [0.25, 0.3) is 0 Å². The van der Waals surface area contributed by atoms with Crippen molar-refractivity contribution < 1.29 is 9.53 Å². The van der Waals surface area contributed by atoms with E-state index in [0.717, 1.165) is 30.0 Å². The molecule has 6 nitrogen and oxygen atoms in total. The Morgan fingerprint density at radius 3 is 2.70 bits per heavy atom. The molecule has 0 aliphatic carbocycles. The van der Waals surface area contributed by atoms with Gasteiger partial charge >= 0.3 is 5.97 Å². The SMILES string of the molecule is CCCN1C(=S)N[C@H](c2ccccn2)[C@@H]1c1cccn1-c1ccccc1C(=O)OC. The van der Waals surface area contributed by atoms with Gasteiger partial charge in [-0.05, 0) is 55.0 Å². The van der Waals surface area contributed by atoms with E-state index in [9.17, 15) is 4.79 Å². The fraction of sp³-hybridized carbons (Fsp3) is 0.261. The van der Waals surface area contributed by atoms with Crippen LogP contribution in [0.1, 0.15) is 47.2 Å². The highest BCUT2D eigenvalue weighted by Crippen LogP contribution is 2.39. The van der Waals surface area contributed by atoms with Crippen molar-refractivity contribution in [2.75, 3.05) is 13.7 Å².